The summed E-state index contributed by atoms with van der Waals surface area (Å²) in [4.78, 5) is 3.97. The van der Waals surface area contributed by atoms with Crippen LogP contribution in [0.25, 0.3) is 0 Å². The summed E-state index contributed by atoms with van der Waals surface area (Å²) >= 11 is 5.97. The predicted molar refractivity (Wildman–Crippen MR) is 80.4 cm³/mol. The number of hydrogen-bond acceptors (Lipinski definition) is 5. The van der Waals surface area contributed by atoms with Gasteiger partial charge in [0.1, 0.15) is 11.6 Å². The van der Waals surface area contributed by atoms with Crippen LogP contribution in [0.15, 0.2) is 36.5 Å². The average molecular weight is 293 g/mol. The molecule has 0 aliphatic rings. The van der Waals surface area contributed by atoms with Crippen molar-refractivity contribution in [2.75, 3.05) is 12.8 Å². The molecule has 1 unspecified atom stereocenters. The Kier molecular flexibility index (Phi) is 4.79. The van der Waals surface area contributed by atoms with Crippen LogP contribution in [0.2, 0.25) is 5.02 Å². The number of nitrogens with one attached hydrogen (secondary N) is 1. The summed E-state index contributed by atoms with van der Waals surface area (Å²) in [6, 6.07) is 9.10. The van der Waals surface area contributed by atoms with Gasteiger partial charge in [0, 0.05) is 16.8 Å². The van der Waals surface area contributed by atoms with Crippen molar-refractivity contribution < 1.29 is 4.74 Å². The minimum absolute atomic E-state index is 0.107. The molecule has 1 aromatic heterocycles. The highest BCUT2D eigenvalue weighted by atomic mass is 35.5. The third kappa shape index (κ3) is 3.39. The average Bonchev–Trinajstić information content (AvgIpc) is 2.45. The maximum absolute atomic E-state index is 5.97. The van der Waals surface area contributed by atoms with Crippen molar-refractivity contribution in [3.8, 4) is 5.75 Å². The Labute approximate surface area is 122 Å². The highest BCUT2D eigenvalue weighted by molar-refractivity contribution is 6.30. The van der Waals surface area contributed by atoms with E-state index in [1.807, 2.05) is 24.3 Å². The zero-order chi connectivity index (χ0) is 14.5. The SMILES string of the molecule is COc1cc(Cl)ccc1C(Cc1ccnc(N)c1)NN. The molecule has 2 aromatic rings. The van der Waals surface area contributed by atoms with E-state index in [1.165, 1.54) is 0 Å². The molecule has 0 spiro atoms. The number of nitrogens with zero attached hydrogens (tertiary/aromatic N) is 1. The van der Waals surface area contributed by atoms with E-state index in [0.717, 1.165) is 11.1 Å². The molecule has 0 amide bonds. The second-order valence-electron chi connectivity index (χ2n) is 4.40. The summed E-state index contributed by atoms with van der Waals surface area (Å²) in [7, 11) is 1.60. The van der Waals surface area contributed by atoms with Crippen molar-refractivity contribution in [2.45, 2.75) is 12.5 Å². The lowest BCUT2D eigenvalue weighted by Gasteiger charge is -2.19. The highest BCUT2D eigenvalue weighted by Crippen LogP contribution is 2.30. The Morgan fingerprint density at radius 1 is 1.35 bits per heavy atom. The molecule has 0 bridgehead atoms. The van der Waals surface area contributed by atoms with Gasteiger partial charge in [0.25, 0.3) is 0 Å². The summed E-state index contributed by atoms with van der Waals surface area (Å²) in [5.41, 5.74) is 10.5. The van der Waals surface area contributed by atoms with E-state index in [1.54, 1.807) is 19.4 Å². The zero-order valence-corrected chi connectivity index (χ0v) is 11.9. The van der Waals surface area contributed by atoms with E-state index in [2.05, 4.69) is 10.4 Å². The minimum atomic E-state index is -0.107. The summed E-state index contributed by atoms with van der Waals surface area (Å²) in [5, 5.41) is 0.620. The Morgan fingerprint density at radius 3 is 2.80 bits per heavy atom. The van der Waals surface area contributed by atoms with Gasteiger partial charge in [-0.3, -0.25) is 11.3 Å². The number of nitrogen functional groups attached to an aromatic ring is 1. The van der Waals surface area contributed by atoms with Gasteiger partial charge in [-0.15, -0.1) is 0 Å². The van der Waals surface area contributed by atoms with Gasteiger partial charge >= 0.3 is 0 Å². The van der Waals surface area contributed by atoms with E-state index in [9.17, 15) is 0 Å². The van der Waals surface area contributed by atoms with Crippen molar-refractivity contribution in [2.24, 2.45) is 5.84 Å². The van der Waals surface area contributed by atoms with Crippen LogP contribution in [0.4, 0.5) is 5.82 Å². The third-order valence-electron chi connectivity index (χ3n) is 3.06. The maximum atomic E-state index is 5.97. The van der Waals surface area contributed by atoms with Crippen molar-refractivity contribution in [3.05, 3.63) is 52.7 Å². The van der Waals surface area contributed by atoms with Crippen LogP contribution >= 0.6 is 11.6 Å². The van der Waals surface area contributed by atoms with E-state index in [4.69, 9.17) is 27.9 Å². The molecule has 0 aliphatic heterocycles. The van der Waals surface area contributed by atoms with Gasteiger partial charge < -0.3 is 10.5 Å². The van der Waals surface area contributed by atoms with Crippen LogP contribution in [0, 0.1) is 0 Å². The first-order valence-corrected chi connectivity index (χ1v) is 6.52. The lowest BCUT2D eigenvalue weighted by molar-refractivity contribution is 0.399. The van der Waals surface area contributed by atoms with Crippen LogP contribution in [0.1, 0.15) is 17.2 Å². The molecule has 6 heteroatoms. The molecule has 0 fully saturated rings. The number of pyridine rings is 1. The van der Waals surface area contributed by atoms with Crippen molar-refractivity contribution >= 4 is 17.4 Å². The molecule has 5 N–H and O–H groups in total. The van der Waals surface area contributed by atoms with Gasteiger partial charge in [0.05, 0.1) is 13.2 Å². The molecule has 1 atom stereocenters. The van der Waals surface area contributed by atoms with Crippen molar-refractivity contribution in [1.29, 1.82) is 0 Å². The first kappa shape index (κ1) is 14.6. The molecule has 0 aliphatic carbocycles. The molecule has 5 nitrogen and oxygen atoms in total. The summed E-state index contributed by atoms with van der Waals surface area (Å²) in [6.45, 7) is 0. The summed E-state index contributed by atoms with van der Waals surface area (Å²) < 4.78 is 5.35. The number of halogens is 1. The number of anilines is 1. The molecule has 20 heavy (non-hydrogen) atoms. The standard InChI is InChI=1S/C14H17ClN4O/c1-20-13-8-10(15)2-3-11(13)12(19-17)6-9-4-5-18-14(16)7-9/h2-5,7-8,12,19H,6,17H2,1H3,(H2,16,18). The predicted octanol–water partition coefficient (Wildman–Crippen LogP) is 2.07. The number of rotatable bonds is 5. The van der Waals surface area contributed by atoms with Gasteiger partial charge in [0.15, 0.2) is 0 Å². The topological polar surface area (TPSA) is 86.2 Å². The molecule has 2 rings (SSSR count). The lowest BCUT2D eigenvalue weighted by atomic mass is 9.99. The molecule has 0 saturated carbocycles. The summed E-state index contributed by atoms with van der Waals surface area (Å²) in [6.07, 6.45) is 2.35. The number of benzene rings is 1. The number of aromatic nitrogens is 1. The van der Waals surface area contributed by atoms with Crippen LogP contribution in [-0.4, -0.2) is 12.1 Å². The smallest absolute Gasteiger partial charge is 0.125 e. The fraction of sp³-hybridized carbons (Fsp3) is 0.214. The van der Waals surface area contributed by atoms with Gasteiger partial charge in [-0.2, -0.15) is 0 Å². The monoisotopic (exact) mass is 292 g/mol. The molecular formula is C14H17ClN4O. The first-order chi connectivity index (χ1) is 9.63. The van der Waals surface area contributed by atoms with Crippen LogP contribution in [0.3, 0.4) is 0 Å². The number of methoxy groups -OCH3 is 1. The molecular weight excluding hydrogens is 276 g/mol. The van der Waals surface area contributed by atoms with E-state index >= 15 is 0 Å². The fourth-order valence-electron chi connectivity index (χ4n) is 2.09. The van der Waals surface area contributed by atoms with Gasteiger partial charge in [-0.25, -0.2) is 4.98 Å². The summed E-state index contributed by atoms with van der Waals surface area (Å²) in [5.74, 6) is 6.85. The van der Waals surface area contributed by atoms with Crippen molar-refractivity contribution in [1.82, 2.24) is 10.4 Å². The Hall–Kier alpha value is -1.82. The maximum Gasteiger partial charge on any atom is 0.125 e. The number of hydrogen-bond donors (Lipinski definition) is 3. The van der Waals surface area contributed by atoms with Gasteiger partial charge in [-0.05, 0) is 36.2 Å². The van der Waals surface area contributed by atoms with E-state index < -0.39 is 0 Å². The Morgan fingerprint density at radius 2 is 2.15 bits per heavy atom. The number of ether oxygens (including phenoxy) is 1. The quantitative estimate of drug-likeness (QED) is 0.580. The number of nitrogens with two attached hydrogens (primary N) is 2. The molecule has 106 valence electrons. The minimum Gasteiger partial charge on any atom is -0.496 e. The van der Waals surface area contributed by atoms with Crippen LogP contribution in [0.5, 0.6) is 5.75 Å². The van der Waals surface area contributed by atoms with Crippen LogP contribution < -0.4 is 21.7 Å². The molecule has 0 saturated heterocycles. The highest BCUT2D eigenvalue weighted by Gasteiger charge is 2.16. The van der Waals surface area contributed by atoms with Crippen molar-refractivity contribution in [3.63, 3.8) is 0 Å². The Balaban J connectivity index is 2.28. The van der Waals surface area contributed by atoms with E-state index in [-0.39, 0.29) is 6.04 Å². The normalized spacial score (nSPS) is 12.2. The zero-order valence-electron chi connectivity index (χ0n) is 11.1. The first-order valence-electron chi connectivity index (χ1n) is 6.14. The largest absolute Gasteiger partial charge is 0.496 e. The van der Waals surface area contributed by atoms with Gasteiger partial charge in [0.2, 0.25) is 0 Å². The lowest BCUT2D eigenvalue weighted by Crippen LogP contribution is -2.30. The Bertz CT molecular complexity index is 591. The number of hydrazine groups is 1. The van der Waals surface area contributed by atoms with Crippen LogP contribution in [-0.2, 0) is 6.42 Å². The van der Waals surface area contributed by atoms with Gasteiger partial charge in [-0.1, -0.05) is 17.7 Å². The molecule has 1 heterocycles. The fourth-order valence-corrected chi connectivity index (χ4v) is 2.25. The molecule has 0 radical (unpaired) electrons. The van der Waals surface area contributed by atoms with E-state index in [0.29, 0.717) is 23.0 Å². The second kappa shape index (κ2) is 6.56. The third-order valence-corrected chi connectivity index (χ3v) is 3.29. The molecule has 1 aromatic carbocycles. The second-order valence-corrected chi connectivity index (χ2v) is 4.84.